The van der Waals surface area contributed by atoms with Gasteiger partial charge in [0.25, 0.3) is 0 Å². The Bertz CT molecular complexity index is 311. The molecule has 1 N–H and O–H groups in total. The minimum Gasteiger partial charge on any atom is -0.391 e. The number of hydrogen-bond acceptors (Lipinski definition) is 3. The first kappa shape index (κ1) is 11.9. The molecule has 3 aliphatic heterocycles. The van der Waals surface area contributed by atoms with Gasteiger partial charge in [-0.15, -0.1) is 0 Å². The van der Waals surface area contributed by atoms with Gasteiger partial charge in [0, 0.05) is 5.92 Å². The summed E-state index contributed by atoms with van der Waals surface area (Å²) in [7, 11) is 0. The highest BCUT2D eigenvalue weighted by Gasteiger charge is 2.60. The number of aliphatic hydroxyl groups is 1. The minimum absolute atomic E-state index is 0.151. The van der Waals surface area contributed by atoms with E-state index in [4.69, 9.17) is 4.74 Å². The lowest BCUT2D eigenvalue weighted by Gasteiger charge is -2.61. The summed E-state index contributed by atoms with van der Waals surface area (Å²) in [5.41, 5.74) is -0.315. The van der Waals surface area contributed by atoms with Crippen molar-refractivity contribution in [3.8, 4) is 0 Å². The molecule has 0 radical (unpaired) electrons. The second kappa shape index (κ2) is 3.69. The summed E-state index contributed by atoms with van der Waals surface area (Å²) in [5.74, 6) is 0.301. The normalized spacial score (nSPS) is 49.8. The molecule has 0 unspecified atom stereocenters. The average Bonchev–Trinajstić information content (AvgIpc) is 2.67. The molecule has 0 aromatic rings. The first-order valence-electron chi connectivity index (χ1n) is 7.06. The van der Waals surface area contributed by atoms with E-state index in [1.54, 1.807) is 0 Å². The van der Waals surface area contributed by atoms with Gasteiger partial charge in [-0.25, -0.2) is 0 Å². The highest BCUT2D eigenvalue weighted by molar-refractivity contribution is 5.11. The third-order valence-electron chi connectivity index (χ3n) is 5.24. The molecular weight excluding hydrogens is 214 g/mol. The first-order valence-corrected chi connectivity index (χ1v) is 7.06. The van der Waals surface area contributed by atoms with Crippen molar-refractivity contribution < 1.29 is 9.84 Å². The van der Waals surface area contributed by atoms with Crippen LogP contribution >= 0.6 is 0 Å². The average molecular weight is 239 g/mol. The van der Waals surface area contributed by atoms with Gasteiger partial charge in [-0.1, -0.05) is 0 Å². The van der Waals surface area contributed by atoms with Crippen molar-refractivity contribution in [2.75, 3.05) is 13.1 Å². The van der Waals surface area contributed by atoms with Gasteiger partial charge in [0.2, 0.25) is 0 Å². The SMILES string of the molecule is CC1(C)O[C@]2(C)CC[C@H]1[C@@H](O)[C@H]2N1CCCC1. The zero-order valence-corrected chi connectivity index (χ0v) is 11.3. The van der Waals surface area contributed by atoms with Crippen molar-refractivity contribution in [2.24, 2.45) is 5.92 Å². The van der Waals surface area contributed by atoms with E-state index in [2.05, 4.69) is 25.7 Å². The van der Waals surface area contributed by atoms with Gasteiger partial charge in [-0.05, 0) is 59.5 Å². The molecule has 3 nitrogen and oxygen atoms in total. The van der Waals surface area contributed by atoms with E-state index in [0.29, 0.717) is 5.92 Å². The quantitative estimate of drug-likeness (QED) is 0.757. The van der Waals surface area contributed by atoms with E-state index in [-0.39, 0.29) is 23.3 Å². The Labute approximate surface area is 104 Å². The van der Waals surface area contributed by atoms with Crippen LogP contribution in [0.5, 0.6) is 0 Å². The topological polar surface area (TPSA) is 32.7 Å². The van der Waals surface area contributed by atoms with Crippen molar-refractivity contribution in [1.29, 1.82) is 0 Å². The van der Waals surface area contributed by atoms with Gasteiger partial charge < -0.3 is 9.84 Å². The summed E-state index contributed by atoms with van der Waals surface area (Å²) >= 11 is 0. The first-order chi connectivity index (χ1) is 7.94. The largest absolute Gasteiger partial charge is 0.391 e. The fraction of sp³-hybridized carbons (Fsp3) is 1.00. The number of hydrogen-bond donors (Lipinski definition) is 1. The molecule has 3 saturated heterocycles. The summed E-state index contributed by atoms with van der Waals surface area (Å²) in [6, 6.07) is 0.219. The van der Waals surface area contributed by atoms with E-state index >= 15 is 0 Å². The molecule has 3 heteroatoms. The molecule has 0 spiro atoms. The van der Waals surface area contributed by atoms with E-state index in [1.807, 2.05) is 0 Å². The monoisotopic (exact) mass is 239 g/mol. The second-order valence-corrected chi connectivity index (χ2v) is 6.84. The lowest BCUT2D eigenvalue weighted by atomic mass is 9.64. The van der Waals surface area contributed by atoms with Crippen LogP contribution in [-0.4, -0.2) is 46.4 Å². The Hall–Kier alpha value is -0.120. The fourth-order valence-corrected chi connectivity index (χ4v) is 4.51. The summed E-state index contributed by atoms with van der Waals surface area (Å²) in [5, 5.41) is 10.7. The van der Waals surface area contributed by atoms with E-state index in [9.17, 15) is 5.11 Å². The maximum Gasteiger partial charge on any atom is 0.0841 e. The second-order valence-electron chi connectivity index (χ2n) is 6.84. The highest BCUT2D eigenvalue weighted by Crippen LogP contribution is 2.51. The predicted molar refractivity (Wildman–Crippen MR) is 66.9 cm³/mol. The third kappa shape index (κ3) is 1.66. The van der Waals surface area contributed by atoms with E-state index in [1.165, 1.54) is 12.8 Å². The Morgan fingerprint density at radius 3 is 2.35 bits per heavy atom. The number of fused-ring (bicyclic) bond motifs is 3. The predicted octanol–water partition coefficient (Wildman–Crippen LogP) is 1.79. The zero-order valence-electron chi connectivity index (χ0n) is 11.3. The molecule has 4 atom stereocenters. The van der Waals surface area contributed by atoms with E-state index < -0.39 is 0 Å². The Morgan fingerprint density at radius 2 is 1.82 bits per heavy atom. The number of rotatable bonds is 1. The number of ether oxygens (including phenoxy) is 1. The van der Waals surface area contributed by atoms with Gasteiger partial charge in [0.1, 0.15) is 0 Å². The number of nitrogens with zero attached hydrogens (tertiary/aromatic N) is 1. The molecule has 4 aliphatic rings. The molecule has 17 heavy (non-hydrogen) atoms. The van der Waals surface area contributed by atoms with Gasteiger partial charge in [0.15, 0.2) is 0 Å². The Balaban J connectivity index is 1.90. The van der Waals surface area contributed by atoms with Crippen LogP contribution in [0.15, 0.2) is 0 Å². The summed E-state index contributed by atoms with van der Waals surface area (Å²) in [6.07, 6.45) is 4.53. The highest BCUT2D eigenvalue weighted by atomic mass is 16.5. The van der Waals surface area contributed by atoms with Crippen LogP contribution in [0, 0.1) is 5.92 Å². The fourth-order valence-electron chi connectivity index (χ4n) is 4.51. The molecule has 1 aliphatic carbocycles. The van der Waals surface area contributed by atoms with Gasteiger partial charge in [-0.2, -0.15) is 0 Å². The van der Waals surface area contributed by atoms with Crippen LogP contribution < -0.4 is 0 Å². The van der Waals surface area contributed by atoms with Crippen LogP contribution in [0.4, 0.5) is 0 Å². The molecule has 3 heterocycles. The summed E-state index contributed by atoms with van der Waals surface area (Å²) in [6.45, 7) is 8.75. The van der Waals surface area contributed by atoms with E-state index in [0.717, 1.165) is 25.9 Å². The molecule has 0 aromatic carbocycles. The smallest absolute Gasteiger partial charge is 0.0841 e. The Morgan fingerprint density at radius 1 is 1.18 bits per heavy atom. The van der Waals surface area contributed by atoms with Gasteiger partial charge >= 0.3 is 0 Å². The lowest BCUT2D eigenvalue weighted by molar-refractivity contribution is -0.294. The zero-order chi connectivity index (χ0) is 12.3. The minimum atomic E-state index is -0.212. The van der Waals surface area contributed by atoms with Crippen LogP contribution in [0.25, 0.3) is 0 Å². The molecule has 98 valence electrons. The third-order valence-corrected chi connectivity index (χ3v) is 5.24. The van der Waals surface area contributed by atoms with Gasteiger partial charge in [0.05, 0.1) is 23.3 Å². The number of likely N-dealkylation sites (tertiary alicyclic amines) is 1. The molecular formula is C14H25NO2. The molecule has 0 aromatic heterocycles. The van der Waals surface area contributed by atoms with Crippen molar-refractivity contribution >= 4 is 0 Å². The Kier molecular flexibility index (Phi) is 2.59. The van der Waals surface area contributed by atoms with Crippen LogP contribution in [0.3, 0.4) is 0 Å². The maximum absolute atomic E-state index is 10.7. The van der Waals surface area contributed by atoms with Crippen LogP contribution in [0.2, 0.25) is 0 Å². The maximum atomic E-state index is 10.7. The van der Waals surface area contributed by atoms with Crippen molar-refractivity contribution in [3.05, 3.63) is 0 Å². The molecule has 0 amide bonds. The molecule has 2 bridgehead atoms. The van der Waals surface area contributed by atoms with Crippen molar-refractivity contribution in [2.45, 2.75) is 69.8 Å². The molecule has 4 fully saturated rings. The van der Waals surface area contributed by atoms with Crippen molar-refractivity contribution in [1.82, 2.24) is 4.90 Å². The lowest BCUT2D eigenvalue weighted by Crippen LogP contribution is -2.72. The van der Waals surface area contributed by atoms with Crippen molar-refractivity contribution in [3.63, 3.8) is 0 Å². The van der Waals surface area contributed by atoms with Crippen LogP contribution in [0.1, 0.15) is 46.5 Å². The van der Waals surface area contributed by atoms with Crippen LogP contribution in [-0.2, 0) is 4.74 Å². The summed E-state index contributed by atoms with van der Waals surface area (Å²) < 4.78 is 6.35. The molecule has 1 saturated carbocycles. The summed E-state index contributed by atoms with van der Waals surface area (Å²) in [4.78, 5) is 2.46. The number of aliphatic hydroxyl groups excluding tert-OH is 1. The standard InChI is InChI=1S/C14H25NO2/c1-13(2)10-6-7-14(3,17-13)12(11(10)16)15-8-4-5-9-15/h10-12,16H,4-9H2,1-3H3/t10-,11+,12+,14+/m0/s1. The van der Waals surface area contributed by atoms with Gasteiger partial charge in [-0.3, -0.25) is 4.90 Å². The molecule has 4 rings (SSSR count).